The van der Waals surface area contributed by atoms with Gasteiger partial charge in [-0.15, -0.1) is 0 Å². The molecule has 16 heavy (non-hydrogen) atoms. The van der Waals surface area contributed by atoms with E-state index in [1.165, 1.54) is 12.8 Å². The molecule has 3 N–H and O–H groups in total. The molecule has 0 unspecified atom stereocenters. The summed E-state index contributed by atoms with van der Waals surface area (Å²) in [6.45, 7) is 3.49. The first-order chi connectivity index (χ1) is 7.72. The van der Waals surface area contributed by atoms with Crippen molar-refractivity contribution in [3.63, 3.8) is 0 Å². The highest BCUT2D eigenvalue weighted by atomic mass is 16.2. The first-order valence-electron chi connectivity index (χ1n) is 5.99. The normalized spacial score (nSPS) is 14.6. The Hall–Kier alpha value is -1.10. The molecule has 5 heteroatoms. The predicted molar refractivity (Wildman–Crippen MR) is 62.0 cm³/mol. The van der Waals surface area contributed by atoms with Crippen molar-refractivity contribution in [2.45, 2.75) is 38.6 Å². The van der Waals surface area contributed by atoms with E-state index in [0.29, 0.717) is 32.1 Å². The molecule has 2 amide bonds. The molecule has 1 rings (SSSR count). The van der Waals surface area contributed by atoms with Gasteiger partial charge in [-0.2, -0.15) is 0 Å². The quantitative estimate of drug-likeness (QED) is 0.536. The Kier molecular flexibility index (Phi) is 5.85. The molecule has 1 aliphatic rings. The van der Waals surface area contributed by atoms with Crippen LogP contribution in [0.5, 0.6) is 0 Å². The molecule has 0 radical (unpaired) electrons. The largest absolute Gasteiger partial charge is 0.356 e. The zero-order chi connectivity index (χ0) is 11.8. The fourth-order valence-electron chi connectivity index (χ4n) is 1.26. The third kappa shape index (κ3) is 6.40. The minimum atomic E-state index is -0.0322. The topological polar surface area (TPSA) is 70.2 Å². The summed E-state index contributed by atoms with van der Waals surface area (Å²) in [5.74, 6) is -0.0347. The number of nitrogens with one attached hydrogen (secondary N) is 3. The average Bonchev–Trinajstić information content (AvgIpc) is 3.07. The lowest BCUT2D eigenvalue weighted by molar-refractivity contribution is -0.121. The van der Waals surface area contributed by atoms with E-state index in [4.69, 9.17) is 0 Å². The number of carbonyl (C=O) groups excluding carboxylic acids is 2. The van der Waals surface area contributed by atoms with E-state index in [0.717, 1.165) is 6.42 Å². The Balaban J connectivity index is 1.92. The van der Waals surface area contributed by atoms with Gasteiger partial charge in [-0.1, -0.05) is 6.92 Å². The van der Waals surface area contributed by atoms with E-state index >= 15 is 0 Å². The van der Waals surface area contributed by atoms with Gasteiger partial charge in [0.25, 0.3) is 0 Å². The van der Waals surface area contributed by atoms with E-state index in [2.05, 4.69) is 16.0 Å². The molecule has 1 fully saturated rings. The van der Waals surface area contributed by atoms with Crippen LogP contribution < -0.4 is 16.0 Å². The van der Waals surface area contributed by atoms with Crippen LogP contribution in [-0.2, 0) is 9.59 Å². The molecule has 5 nitrogen and oxygen atoms in total. The van der Waals surface area contributed by atoms with Crippen molar-refractivity contribution in [2.24, 2.45) is 0 Å². The van der Waals surface area contributed by atoms with Crippen LogP contribution >= 0.6 is 0 Å². The number of carbonyl (C=O) groups is 2. The lowest BCUT2D eigenvalue weighted by Gasteiger charge is -2.06. The molecule has 0 bridgehead atoms. The van der Waals surface area contributed by atoms with Crippen LogP contribution in [0.2, 0.25) is 0 Å². The molecular formula is C11H21N3O2. The predicted octanol–water partition coefficient (Wildman–Crippen LogP) is -0.229. The van der Waals surface area contributed by atoms with Crippen molar-refractivity contribution >= 4 is 11.8 Å². The SMILES string of the molecule is CCCNC(=O)CCNC(=O)CNC1CC1. The van der Waals surface area contributed by atoms with Gasteiger partial charge in [-0.3, -0.25) is 9.59 Å². The minimum Gasteiger partial charge on any atom is -0.356 e. The number of hydrogen-bond donors (Lipinski definition) is 3. The second kappa shape index (κ2) is 7.22. The smallest absolute Gasteiger partial charge is 0.233 e. The van der Waals surface area contributed by atoms with E-state index in [1.807, 2.05) is 6.92 Å². The Morgan fingerprint density at radius 3 is 2.44 bits per heavy atom. The maximum atomic E-state index is 11.3. The van der Waals surface area contributed by atoms with Crippen molar-refractivity contribution in [3.8, 4) is 0 Å². The summed E-state index contributed by atoms with van der Waals surface area (Å²) in [4.78, 5) is 22.4. The van der Waals surface area contributed by atoms with Crippen molar-refractivity contribution in [2.75, 3.05) is 19.6 Å². The zero-order valence-corrected chi connectivity index (χ0v) is 9.84. The molecule has 1 aliphatic carbocycles. The van der Waals surface area contributed by atoms with Crippen LogP contribution in [0.15, 0.2) is 0 Å². The Morgan fingerprint density at radius 2 is 1.81 bits per heavy atom. The van der Waals surface area contributed by atoms with Gasteiger partial charge in [0, 0.05) is 25.6 Å². The number of amides is 2. The van der Waals surface area contributed by atoms with Gasteiger partial charge in [0.1, 0.15) is 0 Å². The molecule has 0 heterocycles. The summed E-state index contributed by atoms with van der Waals surface area (Å²) in [5, 5.41) is 8.59. The highest BCUT2D eigenvalue weighted by Crippen LogP contribution is 2.17. The van der Waals surface area contributed by atoms with Crippen LogP contribution in [0.4, 0.5) is 0 Å². The summed E-state index contributed by atoms with van der Waals surface area (Å²) >= 11 is 0. The Labute approximate surface area is 96.4 Å². The summed E-state index contributed by atoms with van der Waals surface area (Å²) in [6.07, 6.45) is 3.64. The Morgan fingerprint density at radius 1 is 1.12 bits per heavy atom. The second-order valence-electron chi connectivity index (χ2n) is 4.11. The third-order valence-electron chi connectivity index (χ3n) is 2.38. The molecule has 0 atom stereocenters. The standard InChI is InChI=1S/C11H21N3O2/c1-2-6-12-10(15)5-7-13-11(16)8-14-9-3-4-9/h9,14H,2-8H2,1H3,(H,12,15)(H,13,16). The van der Waals surface area contributed by atoms with E-state index in [9.17, 15) is 9.59 Å². The van der Waals surface area contributed by atoms with Gasteiger partial charge in [-0.25, -0.2) is 0 Å². The monoisotopic (exact) mass is 227 g/mol. The summed E-state index contributed by atoms with van der Waals surface area (Å²) in [5.41, 5.74) is 0. The zero-order valence-electron chi connectivity index (χ0n) is 9.84. The molecular weight excluding hydrogens is 206 g/mol. The average molecular weight is 227 g/mol. The van der Waals surface area contributed by atoms with Gasteiger partial charge in [0.2, 0.25) is 11.8 Å². The lowest BCUT2D eigenvalue weighted by atomic mass is 10.3. The van der Waals surface area contributed by atoms with Crippen LogP contribution in [0.25, 0.3) is 0 Å². The van der Waals surface area contributed by atoms with Crippen LogP contribution in [0.1, 0.15) is 32.6 Å². The van der Waals surface area contributed by atoms with Gasteiger partial charge >= 0.3 is 0 Å². The second-order valence-corrected chi connectivity index (χ2v) is 4.11. The van der Waals surface area contributed by atoms with Crippen LogP contribution in [0.3, 0.4) is 0 Å². The van der Waals surface area contributed by atoms with Crippen molar-refractivity contribution in [1.82, 2.24) is 16.0 Å². The van der Waals surface area contributed by atoms with E-state index in [1.54, 1.807) is 0 Å². The molecule has 0 aromatic carbocycles. The molecule has 1 saturated carbocycles. The Bertz CT molecular complexity index is 239. The van der Waals surface area contributed by atoms with Crippen molar-refractivity contribution in [3.05, 3.63) is 0 Å². The first-order valence-corrected chi connectivity index (χ1v) is 5.99. The minimum absolute atomic E-state index is 0.00250. The van der Waals surface area contributed by atoms with Crippen molar-refractivity contribution in [1.29, 1.82) is 0 Å². The number of hydrogen-bond acceptors (Lipinski definition) is 3. The highest BCUT2D eigenvalue weighted by molar-refractivity contribution is 5.80. The van der Waals surface area contributed by atoms with Gasteiger partial charge < -0.3 is 16.0 Å². The van der Waals surface area contributed by atoms with E-state index in [-0.39, 0.29) is 11.8 Å². The maximum absolute atomic E-state index is 11.3. The van der Waals surface area contributed by atoms with Gasteiger partial charge in [-0.05, 0) is 19.3 Å². The summed E-state index contributed by atoms with van der Waals surface area (Å²) in [6, 6.07) is 0.540. The van der Waals surface area contributed by atoms with Crippen molar-refractivity contribution < 1.29 is 9.59 Å². The highest BCUT2D eigenvalue weighted by Gasteiger charge is 2.20. The van der Waals surface area contributed by atoms with Gasteiger partial charge in [0.15, 0.2) is 0 Å². The molecule has 92 valence electrons. The third-order valence-corrected chi connectivity index (χ3v) is 2.38. The van der Waals surface area contributed by atoms with Crippen LogP contribution in [0, 0.1) is 0 Å². The van der Waals surface area contributed by atoms with Crippen LogP contribution in [-0.4, -0.2) is 37.5 Å². The fourth-order valence-corrected chi connectivity index (χ4v) is 1.26. The molecule has 0 spiro atoms. The molecule has 0 aromatic rings. The molecule has 0 aromatic heterocycles. The molecule has 0 saturated heterocycles. The fraction of sp³-hybridized carbons (Fsp3) is 0.818. The lowest BCUT2D eigenvalue weighted by Crippen LogP contribution is -2.37. The number of rotatable bonds is 8. The summed E-state index contributed by atoms with van der Waals surface area (Å²) in [7, 11) is 0. The molecule has 0 aliphatic heterocycles. The maximum Gasteiger partial charge on any atom is 0.233 e. The van der Waals surface area contributed by atoms with Gasteiger partial charge in [0.05, 0.1) is 6.54 Å². The summed E-state index contributed by atoms with van der Waals surface area (Å²) < 4.78 is 0. The van der Waals surface area contributed by atoms with E-state index < -0.39 is 0 Å². The first kappa shape index (κ1) is 13.0.